The fourth-order valence-electron chi connectivity index (χ4n) is 3.25. The number of aromatic nitrogens is 5. The summed E-state index contributed by atoms with van der Waals surface area (Å²) in [6.07, 6.45) is 0. The second-order valence-electron chi connectivity index (χ2n) is 7.06. The first-order chi connectivity index (χ1) is 16.7. The number of carbonyl (C=O) groups excluding carboxylic acids is 1. The average molecular weight is 493 g/mol. The number of hydrogen-bond donors (Lipinski definition) is 1. The lowest BCUT2D eigenvalue weighted by molar-refractivity contribution is -0.113. The number of benzene rings is 3. The Morgan fingerprint density at radius 2 is 1.82 bits per heavy atom. The van der Waals surface area contributed by atoms with Gasteiger partial charge in [-0.15, -0.1) is 10.2 Å². The van der Waals surface area contributed by atoms with Gasteiger partial charge in [-0.1, -0.05) is 48.2 Å². The van der Waals surface area contributed by atoms with Crippen LogP contribution in [0.4, 0.5) is 10.1 Å². The predicted molar refractivity (Wildman–Crippen MR) is 129 cm³/mol. The molecule has 2 heterocycles. The van der Waals surface area contributed by atoms with E-state index in [1.807, 2.05) is 42.5 Å². The molecule has 0 unspecified atom stereocenters. The summed E-state index contributed by atoms with van der Waals surface area (Å²) in [5, 5.41) is 11.9. The van der Waals surface area contributed by atoms with E-state index in [1.165, 1.54) is 17.8 Å². The number of rotatable bonds is 8. The maximum absolute atomic E-state index is 14.0. The van der Waals surface area contributed by atoms with Crippen LogP contribution in [0.15, 0.2) is 78.0 Å². The molecule has 0 spiro atoms. The summed E-state index contributed by atoms with van der Waals surface area (Å²) in [6.45, 7) is 0.00834. The normalized spacial score (nSPS) is 11.0. The van der Waals surface area contributed by atoms with Crippen molar-refractivity contribution in [2.75, 3.05) is 11.1 Å². The first-order valence-corrected chi connectivity index (χ1v) is 11.9. The van der Waals surface area contributed by atoms with E-state index >= 15 is 0 Å². The van der Waals surface area contributed by atoms with Crippen molar-refractivity contribution in [1.82, 2.24) is 23.5 Å². The van der Waals surface area contributed by atoms with Gasteiger partial charge in [0, 0.05) is 5.69 Å². The summed E-state index contributed by atoms with van der Waals surface area (Å²) in [5.74, 6) is 0.0508. The number of nitrogens with one attached hydrogen (secondary N) is 1. The zero-order valence-corrected chi connectivity index (χ0v) is 19.2. The highest BCUT2D eigenvalue weighted by Crippen LogP contribution is 2.25. The Labute approximate surface area is 202 Å². The Bertz CT molecular complexity index is 1440. The smallest absolute Gasteiger partial charge is 0.234 e. The third kappa shape index (κ3) is 4.75. The molecule has 0 radical (unpaired) electrons. The van der Waals surface area contributed by atoms with E-state index in [9.17, 15) is 9.18 Å². The van der Waals surface area contributed by atoms with Gasteiger partial charge in [0.25, 0.3) is 0 Å². The fraction of sp³-hybridized carbons (Fsp3) is 0.0870. The van der Waals surface area contributed by atoms with Crippen molar-refractivity contribution in [3.8, 4) is 11.4 Å². The summed E-state index contributed by atoms with van der Waals surface area (Å²) in [7, 11) is 0. The van der Waals surface area contributed by atoms with Crippen LogP contribution < -0.4 is 10.1 Å². The van der Waals surface area contributed by atoms with Gasteiger partial charge in [0.05, 0.1) is 23.2 Å². The van der Waals surface area contributed by atoms with Crippen LogP contribution in [-0.2, 0) is 11.4 Å². The molecular weight excluding hydrogens is 475 g/mol. The Kier molecular flexibility index (Phi) is 6.45. The van der Waals surface area contributed by atoms with Crippen molar-refractivity contribution in [3.63, 3.8) is 0 Å². The minimum atomic E-state index is -0.454. The Morgan fingerprint density at radius 3 is 2.68 bits per heavy atom. The van der Waals surface area contributed by atoms with Crippen LogP contribution in [0.25, 0.3) is 16.7 Å². The van der Waals surface area contributed by atoms with Gasteiger partial charge in [-0.3, -0.25) is 9.36 Å². The molecule has 0 atom stereocenters. The lowest BCUT2D eigenvalue weighted by Crippen LogP contribution is -2.15. The molecule has 8 nitrogen and oxygen atoms in total. The molecule has 0 bridgehead atoms. The molecule has 0 saturated carbocycles. The predicted octanol–water partition coefficient (Wildman–Crippen LogP) is 4.72. The standard InChI is InChI=1S/C23H17FN6O2S2/c24-16-9-4-5-12-19(16)32-13-20-26-27-23(30(20)15-7-2-1-3-8-15)33-14-21(31)25-17-10-6-11-18-22(17)29-34-28-18/h1-12H,13-14H2,(H,25,31). The highest BCUT2D eigenvalue weighted by molar-refractivity contribution is 7.99. The molecule has 0 saturated heterocycles. The first kappa shape index (κ1) is 22.0. The van der Waals surface area contributed by atoms with E-state index in [2.05, 4.69) is 24.3 Å². The molecule has 5 aromatic rings. The van der Waals surface area contributed by atoms with Gasteiger partial charge in [0.1, 0.15) is 17.6 Å². The molecule has 3 aromatic carbocycles. The molecule has 0 aliphatic carbocycles. The number of para-hydroxylation sites is 2. The Balaban J connectivity index is 1.33. The minimum absolute atomic E-state index is 0.00834. The second-order valence-corrected chi connectivity index (χ2v) is 8.53. The van der Waals surface area contributed by atoms with Crippen molar-refractivity contribution in [2.24, 2.45) is 0 Å². The SMILES string of the molecule is O=C(CSc1nnc(COc2ccccc2F)n1-c1ccccc1)Nc1cccc2nsnc12. The molecule has 170 valence electrons. The van der Waals surface area contributed by atoms with E-state index < -0.39 is 5.82 Å². The van der Waals surface area contributed by atoms with Crippen LogP contribution in [0.3, 0.4) is 0 Å². The number of halogens is 1. The molecule has 1 amide bonds. The quantitative estimate of drug-likeness (QED) is 0.313. The molecule has 0 aliphatic heterocycles. The number of carbonyl (C=O) groups is 1. The summed E-state index contributed by atoms with van der Waals surface area (Å²) in [5.41, 5.74) is 2.81. The Hall–Kier alpha value is -3.83. The van der Waals surface area contributed by atoms with Gasteiger partial charge in [-0.05, 0) is 36.4 Å². The molecule has 1 N–H and O–H groups in total. The zero-order valence-electron chi connectivity index (χ0n) is 17.6. The summed E-state index contributed by atoms with van der Waals surface area (Å²) in [4.78, 5) is 12.7. The summed E-state index contributed by atoms with van der Waals surface area (Å²) in [6, 6.07) is 21.1. The van der Waals surface area contributed by atoms with E-state index in [0.29, 0.717) is 22.2 Å². The van der Waals surface area contributed by atoms with E-state index in [-0.39, 0.29) is 24.0 Å². The summed E-state index contributed by atoms with van der Waals surface area (Å²) < 4.78 is 29.8. The minimum Gasteiger partial charge on any atom is -0.483 e. The van der Waals surface area contributed by atoms with Crippen molar-refractivity contribution in [2.45, 2.75) is 11.8 Å². The number of ether oxygens (including phenoxy) is 1. The van der Waals surface area contributed by atoms with Gasteiger partial charge in [0.15, 0.2) is 22.5 Å². The number of nitrogens with zero attached hydrogens (tertiary/aromatic N) is 5. The fourth-order valence-corrected chi connectivity index (χ4v) is 4.57. The molecule has 5 rings (SSSR count). The van der Waals surface area contributed by atoms with Crippen molar-refractivity contribution in [3.05, 3.63) is 84.4 Å². The molecule has 0 aliphatic rings. The zero-order chi connectivity index (χ0) is 23.3. The maximum atomic E-state index is 14.0. The van der Waals surface area contributed by atoms with Gasteiger partial charge < -0.3 is 10.1 Å². The molecular formula is C23H17FN6O2S2. The molecule has 2 aromatic heterocycles. The van der Waals surface area contributed by atoms with Gasteiger partial charge in [0.2, 0.25) is 5.91 Å². The van der Waals surface area contributed by atoms with Crippen LogP contribution in [0.2, 0.25) is 0 Å². The van der Waals surface area contributed by atoms with Gasteiger partial charge >= 0.3 is 0 Å². The third-order valence-electron chi connectivity index (χ3n) is 4.80. The van der Waals surface area contributed by atoms with Crippen molar-refractivity contribution in [1.29, 1.82) is 0 Å². The number of anilines is 1. The van der Waals surface area contributed by atoms with Crippen LogP contribution in [-0.4, -0.2) is 35.2 Å². The third-order valence-corrected chi connectivity index (χ3v) is 6.27. The number of fused-ring (bicyclic) bond motifs is 1. The topological polar surface area (TPSA) is 94.8 Å². The second kappa shape index (κ2) is 9.98. The number of thioether (sulfide) groups is 1. The van der Waals surface area contributed by atoms with Crippen LogP contribution in [0.1, 0.15) is 5.82 Å². The number of hydrogen-bond acceptors (Lipinski definition) is 8. The van der Waals surface area contributed by atoms with Gasteiger partial charge in [-0.25, -0.2) is 4.39 Å². The van der Waals surface area contributed by atoms with Crippen molar-refractivity contribution >= 4 is 46.1 Å². The lowest BCUT2D eigenvalue weighted by atomic mass is 10.2. The van der Waals surface area contributed by atoms with Crippen LogP contribution in [0.5, 0.6) is 5.75 Å². The maximum Gasteiger partial charge on any atom is 0.234 e. The van der Waals surface area contributed by atoms with E-state index in [1.54, 1.807) is 28.8 Å². The highest BCUT2D eigenvalue weighted by Gasteiger charge is 2.17. The summed E-state index contributed by atoms with van der Waals surface area (Å²) >= 11 is 2.33. The molecule has 34 heavy (non-hydrogen) atoms. The van der Waals surface area contributed by atoms with E-state index in [0.717, 1.165) is 22.9 Å². The largest absolute Gasteiger partial charge is 0.483 e. The molecule has 11 heteroatoms. The first-order valence-electron chi connectivity index (χ1n) is 10.2. The van der Waals surface area contributed by atoms with E-state index in [4.69, 9.17) is 4.74 Å². The van der Waals surface area contributed by atoms with Crippen LogP contribution in [0, 0.1) is 5.82 Å². The van der Waals surface area contributed by atoms with Gasteiger partial charge in [-0.2, -0.15) is 8.75 Å². The Morgan fingerprint density at radius 1 is 1.00 bits per heavy atom. The lowest BCUT2D eigenvalue weighted by Gasteiger charge is -2.11. The monoisotopic (exact) mass is 492 g/mol. The molecule has 0 fully saturated rings. The highest BCUT2D eigenvalue weighted by atomic mass is 32.2. The van der Waals surface area contributed by atoms with Crippen LogP contribution >= 0.6 is 23.5 Å². The average Bonchev–Trinajstić information content (AvgIpc) is 3.50. The van der Waals surface area contributed by atoms with Crippen molar-refractivity contribution < 1.29 is 13.9 Å². The number of amides is 1.